The van der Waals surface area contributed by atoms with E-state index in [1.165, 1.54) is 60.9 Å². The van der Waals surface area contributed by atoms with Crippen molar-refractivity contribution in [2.75, 3.05) is 0 Å². The third kappa shape index (κ3) is 4.04. The van der Waals surface area contributed by atoms with Crippen molar-refractivity contribution >= 4 is 43.6 Å². The van der Waals surface area contributed by atoms with Crippen LogP contribution in [-0.4, -0.2) is 14.5 Å². The highest BCUT2D eigenvalue weighted by molar-refractivity contribution is 6.10. The van der Waals surface area contributed by atoms with Crippen molar-refractivity contribution in [1.82, 2.24) is 14.5 Å². The van der Waals surface area contributed by atoms with Gasteiger partial charge in [0.15, 0.2) is 0 Å². The largest absolute Gasteiger partial charge is 0.309 e. The van der Waals surface area contributed by atoms with Gasteiger partial charge in [0.2, 0.25) is 0 Å². The topological polar surface area (TPSA) is 30.7 Å². The van der Waals surface area contributed by atoms with Crippen LogP contribution in [0.15, 0.2) is 115 Å². The predicted octanol–water partition coefficient (Wildman–Crippen LogP) is 10.4. The van der Waals surface area contributed by atoms with E-state index in [0.717, 1.165) is 33.2 Å². The first-order chi connectivity index (χ1) is 21.0. The standard InChI is InChI=1S/C40H31N3/c1-24-21-30(35-23-27(4)42-40-34(35)20-17-29-14-13-26(3)41-39(29)40)22-25(2)38(24)28-15-18-31(19-16-28)43-36-11-7-5-9-32(36)33-10-6-8-12-37(33)43/h5-23H,1-4H3. The number of aromatic nitrogens is 3. The Labute approximate surface area is 251 Å². The van der Waals surface area contributed by atoms with Gasteiger partial charge in [-0.3, -0.25) is 9.97 Å². The van der Waals surface area contributed by atoms with Crippen LogP contribution in [0.5, 0.6) is 0 Å². The molecule has 0 saturated carbocycles. The molecule has 0 bridgehead atoms. The molecule has 0 unspecified atom stereocenters. The number of aryl methyl sites for hydroxylation is 4. The molecule has 8 rings (SSSR count). The molecule has 206 valence electrons. The summed E-state index contributed by atoms with van der Waals surface area (Å²) < 4.78 is 2.37. The molecule has 0 aliphatic rings. The van der Waals surface area contributed by atoms with E-state index in [1.807, 2.05) is 6.92 Å². The monoisotopic (exact) mass is 553 g/mol. The normalized spacial score (nSPS) is 11.7. The lowest BCUT2D eigenvalue weighted by molar-refractivity contribution is 1.18. The average Bonchev–Trinajstić information content (AvgIpc) is 3.35. The molecule has 0 spiro atoms. The third-order valence-electron chi connectivity index (χ3n) is 8.74. The molecular formula is C40H31N3. The SMILES string of the molecule is Cc1ccc2ccc3c(-c4cc(C)c(-c5ccc(-n6c7ccccc7c7ccccc76)cc5)c(C)c4)cc(C)nc3c2n1. The van der Waals surface area contributed by atoms with Gasteiger partial charge in [0.25, 0.3) is 0 Å². The Bertz CT molecular complexity index is 2300. The summed E-state index contributed by atoms with van der Waals surface area (Å²) in [4.78, 5) is 9.81. The van der Waals surface area contributed by atoms with E-state index in [0.29, 0.717) is 0 Å². The van der Waals surface area contributed by atoms with Crippen LogP contribution in [-0.2, 0) is 0 Å². The summed E-state index contributed by atoms with van der Waals surface area (Å²) in [5, 5.41) is 4.82. The number of rotatable bonds is 3. The molecule has 0 aliphatic heterocycles. The minimum Gasteiger partial charge on any atom is -0.309 e. The molecule has 0 aliphatic carbocycles. The Balaban J connectivity index is 1.23. The van der Waals surface area contributed by atoms with E-state index in [1.54, 1.807) is 0 Å². The molecule has 0 fully saturated rings. The van der Waals surface area contributed by atoms with Gasteiger partial charge in [-0.1, -0.05) is 78.9 Å². The fourth-order valence-corrected chi connectivity index (χ4v) is 6.89. The van der Waals surface area contributed by atoms with Crippen LogP contribution in [0, 0.1) is 27.7 Å². The second-order valence-corrected chi connectivity index (χ2v) is 11.7. The molecule has 3 aromatic heterocycles. The first-order valence-electron chi connectivity index (χ1n) is 14.8. The molecule has 0 radical (unpaired) electrons. The van der Waals surface area contributed by atoms with Crippen molar-refractivity contribution in [3.05, 3.63) is 138 Å². The highest BCUT2D eigenvalue weighted by atomic mass is 15.0. The summed E-state index contributed by atoms with van der Waals surface area (Å²) in [6.07, 6.45) is 0. The van der Waals surface area contributed by atoms with Crippen molar-refractivity contribution in [2.45, 2.75) is 27.7 Å². The molecule has 43 heavy (non-hydrogen) atoms. The van der Waals surface area contributed by atoms with E-state index in [-0.39, 0.29) is 0 Å². The zero-order chi connectivity index (χ0) is 29.2. The number of para-hydroxylation sites is 2. The molecule has 0 N–H and O–H groups in total. The summed E-state index contributed by atoms with van der Waals surface area (Å²) in [6, 6.07) is 41.8. The first-order valence-corrected chi connectivity index (χ1v) is 14.8. The van der Waals surface area contributed by atoms with Crippen LogP contribution in [0.4, 0.5) is 0 Å². The van der Waals surface area contributed by atoms with Crippen molar-refractivity contribution in [2.24, 2.45) is 0 Å². The fourth-order valence-electron chi connectivity index (χ4n) is 6.89. The van der Waals surface area contributed by atoms with Gasteiger partial charge >= 0.3 is 0 Å². The van der Waals surface area contributed by atoms with Gasteiger partial charge in [0.05, 0.1) is 22.1 Å². The molecule has 3 heteroatoms. The molecular weight excluding hydrogens is 522 g/mol. The molecule has 5 aromatic carbocycles. The summed E-state index contributed by atoms with van der Waals surface area (Å²) in [5.74, 6) is 0. The summed E-state index contributed by atoms with van der Waals surface area (Å²) in [6.45, 7) is 8.56. The molecule has 0 amide bonds. The first kappa shape index (κ1) is 25.4. The van der Waals surface area contributed by atoms with Gasteiger partial charge in [0.1, 0.15) is 0 Å². The third-order valence-corrected chi connectivity index (χ3v) is 8.74. The average molecular weight is 554 g/mol. The molecule has 8 aromatic rings. The second kappa shape index (κ2) is 9.64. The van der Waals surface area contributed by atoms with Crippen LogP contribution < -0.4 is 0 Å². The summed E-state index contributed by atoms with van der Waals surface area (Å²) in [5.41, 5.74) is 15.0. The van der Waals surface area contributed by atoms with Crippen LogP contribution in [0.25, 0.3) is 71.6 Å². The zero-order valence-corrected chi connectivity index (χ0v) is 24.8. The Hall–Kier alpha value is -5.28. The van der Waals surface area contributed by atoms with Crippen LogP contribution >= 0.6 is 0 Å². The lowest BCUT2D eigenvalue weighted by Crippen LogP contribution is -1.96. The summed E-state index contributed by atoms with van der Waals surface area (Å²) in [7, 11) is 0. The smallest absolute Gasteiger partial charge is 0.0974 e. The summed E-state index contributed by atoms with van der Waals surface area (Å²) >= 11 is 0. The van der Waals surface area contributed by atoms with Gasteiger partial charge in [-0.25, -0.2) is 0 Å². The highest BCUT2D eigenvalue weighted by Gasteiger charge is 2.15. The number of nitrogens with zero attached hydrogens (tertiary/aromatic N) is 3. The van der Waals surface area contributed by atoms with E-state index in [4.69, 9.17) is 9.97 Å². The number of fused-ring (bicyclic) bond motifs is 6. The Morgan fingerprint density at radius 2 is 1.09 bits per heavy atom. The lowest BCUT2D eigenvalue weighted by atomic mass is 9.90. The zero-order valence-electron chi connectivity index (χ0n) is 24.8. The Morgan fingerprint density at radius 3 is 1.77 bits per heavy atom. The maximum absolute atomic E-state index is 4.94. The van der Waals surface area contributed by atoms with Crippen molar-refractivity contribution in [1.29, 1.82) is 0 Å². The molecule has 0 atom stereocenters. The van der Waals surface area contributed by atoms with Crippen molar-refractivity contribution in [3.63, 3.8) is 0 Å². The fraction of sp³-hybridized carbons (Fsp3) is 0.100. The quantitative estimate of drug-likeness (QED) is 0.204. The van der Waals surface area contributed by atoms with Gasteiger partial charge in [-0.05, 0) is 97.5 Å². The molecule has 3 nitrogen and oxygen atoms in total. The van der Waals surface area contributed by atoms with Gasteiger partial charge in [0, 0.05) is 38.6 Å². The van der Waals surface area contributed by atoms with E-state index < -0.39 is 0 Å². The second-order valence-electron chi connectivity index (χ2n) is 11.7. The highest BCUT2D eigenvalue weighted by Crippen LogP contribution is 2.38. The van der Waals surface area contributed by atoms with E-state index in [2.05, 4.69) is 141 Å². The number of pyridine rings is 2. The van der Waals surface area contributed by atoms with Gasteiger partial charge in [-0.2, -0.15) is 0 Å². The van der Waals surface area contributed by atoms with E-state index >= 15 is 0 Å². The Kier molecular flexibility index (Phi) is 5.70. The van der Waals surface area contributed by atoms with Crippen LogP contribution in [0.2, 0.25) is 0 Å². The Morgan fingerprint density at radius 1 is 0.488 bits per heavy atom. The van der Waals surface area contributed by atoms with Gasteiger partial charge < -0.3 is 4.57 Å². The molecule has 3 heterocycles. The van der Waals surface area contributed by atoms with Gasteiger partial charge in [-0.15, -0.1) is 0 Å². The maximum atomic E-state index is 4.94. The number of benzene rings is 5. The molecule has 0 saturated heterocycles. The number of hydrogen-bond donors (Lipinski definition) is 0. The van der Waals surface area contributed by atoms with Crippen LogP contribution in [0.3, 0.4) is 0 Å². The number of hydrogen-bond acceptors (Lipinski definition) is 2. The van der Waals surface area contributed by atoms with E-state index in [9.17, 15) is 0 Å². The predicted molar refractivity (Wildman–Crippen MR) is 181 cm³/mol. The van der Waals surface area contributed by atoms with Crippen LogP contribution in [0.1, 0.15) is 22.5 Å². The minimum atomic E-state index is 0.968. The maximum Gasteiger partial charge on any atom is 0.0974 e. The lowest BCUT2D eigenvalue weighted by Gasteiger charge is -2.16. The minimum absolute atomic E-state index is 0.968. The van der Waals surface area contributed by atoms with Crippen molar-refractivity contribution in [3.8, 4) is 27.9 Å². The van der Waals surface area contributed by atoms with Crippen molar-refractivity contribution < 1.29 is 0 Å².